The molecule has 1 atom stereocenters. The van der Waals surface area contributed by atoms with Gasteiger partial charge in [0, 0.05) is 17.8 Å². The standard InChI is InChI=1S/C16H17N3O5S/c1-12(11-20)17-10-13-6-2-3-7-14(13)18-25(23,24)16-9-5-4-8-15(16)19(21)22/h2-10,12,18,20H,11H2,1H3/b17-10+/t12-/m1/s1. The summed E-state index contributed by atoms with van der Waals surface area (Å²) >= 11 is 0. The Morgan fingerprint density at radius 3 is 2.56 bits per heavy atom. The number of nitrogens with one attached hydrogen (secondary N) is 1. The van der Waals surface area contributed by atoms with Crippen molar-refractivity contribution >= 4 is 27.6 Å². The van der Waals surface area contributed by atoms with E-state index in [0.29, 0.717) is 5.56 Å². The first-order valence-corrected chi connectivity index (χ1v) is 8.83. The van der Waals surface area contributed by atoms with Crippen LogP contribution < -0.4 is 4.72 Å². The van der Waals surface area contributed by atoms with Gasteiger partial charge in [0.2, 0.25) is 0 Å². The fourth-order valence-electron chi connectivity index (χ4n) is 1.99. The number of nitro benzene ring substituents is 1. The summed E-state index contributed by atoms with van der Waals surface area (Å²) in [7, 11) is -4.16. The maximum Gasteiger partial charge on any atom is 0.289 e. The van der Waals surface area contributed by atoms with E-state index in [9.17, 15) is 18.5 Å². The molecule has 0 radical (unpaired) electrons. The number of aliphatic hydroxyl groups excluding tert-OH is 1. The Morgan fingerprint density at radius 2 is 1.88 bits per heavy atom. The molecular formula is C16H17N3O5S. The normalized spacial score (nSPS) is 12.9. The molecule has 25 heavy (non-hydrogen) atoms. The third-order valence-electron chi connectivity index (χ3n) is 3.29. The molecular weight excluding hydrogens is 346 g/mol. The highest BCUT2D eigenvalue weighted by Gasteiger charge is 2.25. The zero-order chi connectivity index (χ0) is 18.4. The predicted molar refractivity (Wildman–Crippen MR) is 94.5 cm³/mol. The molecule has 0 unspecified atom stereocenters. The average Bonchev–Trinajstić information content (AvgIpc) is 2.60. The van der Waals surface area contributed by atoms with E-state index in [2.05, 4.69) is 9.71 Å². The lowest BCUT2D eigenvalue weighted by Gasteiger charge is -2.11. The summed E-state index contributed by atoms with van der Waals surface area (Å²) in [4.78, 5) is 14.0. The first-order valence-electron chi connectivity index (χ1n) is 7.34. The topological polar surface area (TPSA) is 122 Å². The van der Waals surface area contributed by atoms with Crippen LogP contribution in [0.25, 0.3) is 0 Å². The molecule has 2 N–H and O–H groups in total. The van der Waals surface area contributed by atoms with Crippen molar-refractivity contribution < 1.29 is 18.4 Å². The molecule has 0 aliphatic rings. The van der Waals surface area contributed by atoms with Crippen LogP contribution in [-0.2, 0) is 10.0 Å². The number of sulfonamides is 1. The largest absolute Gasteiger partial charge is 0.394 e. The minimum absolute atomic E-state index is 0.138. The number of hydrogen-bond acceptors (Lipinski definition) is 6. The highest BCUT2D eigenvalue weighted by Crippen LogP contribution is 2.26. The molecule has 0 heterocycles. The third-order valence-corrected chi connectivity index (χ3v) is 4.70. The van der Waals surface area contributed by atoms with Crippen molar-refractivity contribution in [2.45, 2.75) is 17.9 Å². The smallest absolute Gasteiger partial charge is 0.289 e. The lowest BCUT2D eigenvalue weighted by Crippen LogP contribution is -2.16. The lowest BCUT2D eigenvalue weighted by molar-refractivity contribution is -0.387. The van der Waals surface area contributed by atoms with E-state index in [1.807, 2.05) is 0 Å². The van der Waals surface area contributed by atoms with E-state index in [4.69, 9.17) is 5.11 Å². The van der Waals surface area contributed by atoms with Gasteiger partial charge in [0.1, 0.15) is 0 Å². The van der Waals surface area contributed by atoms with Gasteiger partial charge >= 0.3 is 0 Å². The van der Waals surface area contributed by atoms with Crippen LogP contribution in [-0.4, -0.2) is 37.3 Å². The molecule has 2 aromatic carbocycles. The van der Waals surface area contributed by atoms with Crippen molar-refractivity contribution in [1.82, 2.24) is 0 Å². The number of benzene rings is 2. The van der Waals surface area contributed by atoms with E-state index in [1.165, 1.54) is 30.5 Å². The first-order chi connectivity index (χ1) is 11.8. The molecule has 132 valence electrons. The van der Waals surface area contributed by atoms with Crippen molar-refractivity contribution in [3.05, 3.63) is 64.2 Å². The Labute approximate surface area is 145 Å². The fourth-order valence-corrected chi connectivity index (χ4v) is 3.25. The summed E-state index contributed by atoms with van der Waals surface area (Å²) in [6.07, 6.45) is 1.44. The zero-order valence-corrected chi connectivity index (χ0v) is 14.2. The summed E-state index contributed by atoms with van der Waals surface area (Å²) in [5.74, 6) is 0. The molecule has 0 aromatic heterocycles. The molecule has 0 saturated heterocycles. The summed E-state index contributed by atoms with van der Waals surface area (Å²) in [6.45, 7) is 1.57. The molecule has 0 aliphatic carbocycles. The van der Waals surface area contributed by atoms with Gasteiger partial charge in [0.25, 0.3) is 15.7 Å². The van der Waals surface area contributed by atoms with Crippen LogP contribution in [0.1, 0.15) is 12.5 Å². The van der Waals surface area contributed by atoms with Crippen molar-refractivity contribution in [3.63, 3.8) is 0 Å². The van der Waals surface area contributed by atoms with Gasteiger partial charge in [0.05, 0.1) is 23.3 Å². The number of hydrogen-bond donors (Lipinski definition) is 2. The summed E-state index contributed by atoms with van der Waals surface area (Å²) in [5.41, 5.74) is 0.203. The van der Waals surface area contributed by atoms with Crippen molar-refractivity contribution in [2.75, 3.05) is 11.3 Å². The van der Waals surface area contributed by atoms with E-state index >= 15 is 0 Å². The number of aliphatic imine (C=N–C) groups is 1. The average molecular weight is 363 g/mol. The number of rotatable bonds is 7. The molecule has 0 amide bonds. The molecule has 0 aliphatic heterocycles. The highest BCUT2D eigenvalue weighted by atomic mass is 32.2. The predicted octanol–water partition coefficient (Wildman–Crippen LogP) is 2.20. The van der Waals surface area contributed by atoms with Crippen molar-refractivity contribution in [3.8, 4) is 0 Å². The Morgan fingerprint density at radius 1 is 1.24 bits per heavy atom. The molecule has 8 nitrogen and oxygen atoms in total. The quantitative estimate of drug-likeness (QED) is 0.443. The minimum atomic E-state index is -4.16. The third kappa shape index (κ3) is 4.61. The van der Waals surface area contributed by atoms with Crippen molar-refractivity contribution in [1.29, 1.82) is 0 Å². The second kappa shape index (κ2) is 7.86. The molecule has 2 aromatic rings. The van der Waals surface area contributed by atoms with Gasteiger partial charge in [-0.2, -0.15) is 0 Å². The Kier molecular flexibility index (Phi) is 5.84. The van der Waals surface area contributed by atoms with Crippen LogP contribution >= 0.6 is 0 Å². The van der Waals surface area contributed by atoms with E-state index in [1.54, 1.807) is 25.1 Å². The number of anilines is 1. The van der Waals surface area contributed by atoms with Gasteiger partial charge in [-0.15, -0.1) is 0 Å². The van der Waals surface area contributed by atoms with Gasteiger partial charge in [-0.1, -0.05) is 30.3 Å². The molecule has 2 rings (SSSR count). The van der Waals surface area contributed by atoms with Crippen LogP contribution in [0.15, 0.2) is 58.4 Å². The highest BCUT2D eigenvalue weighted by molar-refractivity contribution is 7.92. The Bertz CT molecular complexity index is 896. The minimum Gasteiger partial charge on any atom is -0.394 e. The maximum atomic E-state index is 12.6. The Balaban J connectivity index is 2.40. The van der Waals surface area contributed by atoms with E-state index < -0.39 is 25.5 Å². The number of aliphatic hydroxyl groups is 1. The summed E-state index contributed by atoms with van der Waals surface area (Å²) in [6, 6.07) is 11.3. The first kappa shape index (κ1) is 18.6. The fraction of sp³-hybridized carbons (Fsp3) is 0.188. The van der Waals surface area contributed by atoms with Gasteiger partial charge in [-0.25, -0.2) is 8.42 Å². The van der Waals surface area contributed by atoms with Gasteiger partial charge < -0.3 is 5.11 Å². The number of nitrogens with zero attached hydrogens (tertiary/aromatic N) is 2. The molecule has 0 saturated carbocycles. The zero-order valence-electron chi connectivity index (χ0n) is 13.4. The van der Waals surface area contributed by atoms with Gasteiger partial charge in [-0.3, -0.25) is 19.8 Å². The van der Waals surface area contributed by atoms with Gasteiger partial charge in [-0.05, 0) is 19.1 Å². The lowest BCUT2D eigenvalue weighted by atomic mass is 10.2. The van der Waals surface area contributed by atoms with Crippen LogP contribution in [0.3, 0.4) is 0 Å². The molecule has 0 bridgehead atoms. The van der Waals surface area contributed by atoms with Crippen LogP contribution in [0.2, 0.25) is 0 Å². The molecule has 0 fully saturated rings. The SMILES string of the molecule is C[C@H](CO)/N=C/c1ccccc1NS(=O)(=O)c1ccccc1[N+](=O)[O-]. The Hall–Kier alpha value is -2.78. The van der Waals surface area contributed by atoms with Crippen LogP contribution in [0, 0.1) is 10.1 Å². The van der Waals surface area contributed by atoms with E-state index in [-0.39, 0.29) is 18.3 Å². The maximum absolute atomic E-state index is 12.6. The molecule has 9 heteroatoms. The summed E-state index contributed by atoms with van der Waals surface area (Å²) in [5, 5.41) is 20.1. The van der Waals surface area contributed by atoms with Crippen LogP contribution in [0.4, 0.5) is 11.4 Å². The van der Waals surface area contributed by atoms with E-state index in [0.717, 1.165) is 6.07 Å². The van der Waals surface area contributed by atoms with Crippen LogP contribution in [0.5, 0.6) is 0 Å². The second-order valence-electron chi connectivity index (χ2n) is 5.23. The van der Waals surface area contributed by atoms with Crippen molar-refractivity contribution in [2.24, 2.45) is 4.99 Å². The second-order valence-corrected chi connectivity index (χ2v) is 6.88. The number of para-hydroxylation sites is 2. The summed E-state index contributed by atoms with van der Waals surface area (Å²) < 4.78 is 27.5. The monoisotopic (exact) mass is 363 g/mol. The van der Waals surface area contributed by atoms with Gasteiger partial charge in [0.15, 0.2) is 4.90 Å². The molecule has 0 spiro atoms. The number of nitro groups is 1.